The van der Waals surface area contributed by atoms with Crippen molar-refractivity contribution in [3.63, 3.8) is 0 Å². The Morgan fingerprint density at radius 3 is 2.50 bits per heavy atom. The molecule has 1 unspecified atom stereocenters. The van der Waals surface area contributed by atoms with Gasteiger partial charge in [-0.2, -0.15) is 0 Å². The fraction of sp³-hybridized carbons (Fsp3) is 0.406. The highest BCUT2D eigenvalue weighted by atomic mass is 16.5. The Labute approximate surface area is 224 Å². The van der Waals surface area contributed by atoms with Crippen LogP contribution < -0.4 is 10.1 Å². The summed E-state index contributed by atoms with van der Waals surface area (Å²) in [4.78, 5) is 11.7. The Hall–Kier alpha value is -3.35. The molecule has 0 aliphatic heterocycles. The van der Waals surface area contributed by atoms with E-state index < -0.39 is 6.10 Å². The lowest BCUT2D eigenvalue weighted by molar-refractivity contribution is -0.149. The van der Waals surface area contributed by atoms with Crippen LogP contribution in [0.1, 0.15) is 59.3 Å². The molecule has 0 amide bonds. The predicted molar refractivity (Wildman–Crippen MR) is 148 cm³/mol. The van der Waals surface area contributed by atoms with Gasteiger partial charge in [-0.25, -0.2) is 0 Å². The Balaban J connectivity index is 1.33. The van der Waals surface area contributed by atoms with Gasteiger partial charge in [-0.3, -0.25) is 4.79 Å². The molecule has 0 radical (unpaired) electrons. The average Bonchev–Trinajstić information content (AvgIpc) is 3.59. The molecule has 0 aromatic heterocycles. The third kappa shape index (κ3) is 5.16. The topological polar surface area (TPSA) is 88.0 Å². The number of aryl methyl sites for hydroxylation is 2. The molecule has 2 aliphatic rings. The van der Waals surface area contributed by atoms with E-state index in [1.165, 1.54) is 34.7 Å². The van der Waals surface area contributed by atoms with Crippen LogP contribution >= 0.6 is 0 Å². The van der Waals surface area contributed by atoms with E-state index in [1.54, 1.807) is 0 Å². The lowest BCUT2D eigenvalue weighted by atomic mass is 9.90. The van der Waals surface area contributed by atoms with Crippen LogP contribution in [0.4, 0.5) is 5.69 Å². The lowest BCUT2D eigenvalue weighted by Gasteiger charge is -2.19. The van der Waals surface area contributed by atoms with Crippen molar-refractivity contribution in [2.24, 2.45) is 5.41 Å². The Bertz CT molecular complexity index is 1340. The van der Waals surface area contributed by atoms with Crippen LogP contribution in [0.3, 0.4) is 0 Å². The zero-order valence-electron chi connectivity index (χ0n) is 22.6. The lowest BCUT2D eigenvalue weighted by Crippen LogP contribution is -2.21. The van der Waals surface area contributed by atoms with Crippen LogP contribution in [0.5, 0.6) is 5.75 Å². The van der Waals surface area contributed by atoms with E-state index in [9.17, 15) is 9.90 Å². The number of hydrogen-bond donors (Lipinski definition) is 3. The minimum Gasteiger partial charge on any atom is -0.491 e. The molecule has 5 rings (SSSR count). The largest absolute Gasteiger partial charge is 0.491 e. The summed E-state index contributed by atoms with van der Waals surface area (Å²) in [6, 6.07) is 16.8. The molecule has 1 saturated carbocycles. The van der Waals surface area contributed by atoms with E-state index >= 15 is 0 Å². The Kier molecular flexibility index (Phi) is 7.21. The molecule has 38 heavy (non-hydrogen) atoms. The fourth-order valence-corrected chi connectivity index (χ4v) is 5.90. The maximum Gasteiger partial charge on any atom is 0.303 e. The first-order valence-electron chi connectivity index (χ1n) is 13.4. The molecule has 200 valence electrons. The van der Waals surface area contributed by atoms with Crippen molar-refractivity contribution in [2.45, 2.75) is 65.7 Å². The standard InChI is InChI=1S/C32H37NO5/c1-19-12-27(37-18-26(36)17-34)13-20(2)30(19)28-7-5-6-23(21(28)3)16-33-25-8-9-29-24(14-25)15-32(10-11-32)31(29)38-22(4)35/h5-9,12-14,26,31,33-34,36H,10-11,15-18H2,1-4H3/t26-,31?/m0/s1. The number of aliphatic hydroxyl groups excluding tert-OH is 2. The van der Waals surface area contributed by atoms with E-state index in [2.05, 4.69) is 62.5 Å². The number of fused-ring (bicyclic) bond motifs is 1. The molecule has 2 atom stereocenters. The summed E-state index contributed by atoms with van der Waals surface area (Å²) in [6.07, 6.45) is 2.21. The summed E-state index contributed by atoms with van der Waals surface area (Å²) < 4.78 is 11.4. The summed E-state index contributed by atoms with van der Waals surface area (Å²) in [5, 5.41) is 22.3. The van der Waals surface area contributed by atoms with E-state index in [1.807, 2.05) is 12.1 Å². The highest BCUT2D eigenvalue weighted by Crippen LogP contribution is 2.63. The normalized spacial score (nSPS) is 17.7. The van der Waals surface area contributed by atoms with Crippen molar-refractivity contribution in [3.8, 4) is 16.9 Å². The second-order valence-electron chi connectivity index (χ2n) is 11.0. The number of aliphatic hydroxyl groups is 2. The maximum absolute atomic E-state index is 11.7. The molecule has 3 N–H and O–H groups in total. The summed E-state index contributed by atoms with van der Waals surface area (Å²) in [5.41, 5.74) is 10.7. The van der Waals surface area contributed by atoms with Gasteiger partial charge in [0.25, 0.3) is 0 Å². The van der Waals surface area contributed by atoms with Gasteiger partial charge in [0.15, 0.2) is 0 Å². The van der Waals surface area contributed by atoms with Gasteiger partial charge < -0.3 is 25.0 Å². The third-order valence-electron chi connectivity index (χ3n) is 8.06. The highest BCUT2D eigenvalue weighted by Gasteiger charge is 2.56. The van der Waals surface area contributed by atoms with Crippen molar-refractivity contribution in [3.05, 3.63) is 81.9 Å². The summed E-state index contributed by atoms with van der Waals surface area (Å²) in [7, 11) is 0. The van der Waals surface area contributed by atoms with Crippen LogP contribution in [0.25, 0.3) is 11.1 Å². The molecule has 0 saturated heterocycles. The Morgan fingerprint density at radius 1 is 1.11 bits per heavy atom. The second kappa shape index (κ2) is 10.4. The minimum absolute atomic E-state index is 0.0585. The third-order valence-corrected chi connectivity index (χ3v) is 8.06. The SMILES string of the molecule is CC(=O)OC1c2ccc(NCc3cccc(-c4c(C)cc(OC[C@@H](O)CO)cc4C)c3C)cc2CC12CC2. The molecule has 6 heteroatoms. The number of nitrogens with one attached hydrogen (secondary N) is 1. The van der Waals surface area contributed by atoms with Crippen LogP contribution in [0.15, 0.2) is 48.5 Å². The Morgan fingerprint density at radius 2 is 1.84 bits per heavy atom. The average molecular weight is 516 g/mol. The molecule has 1 spiro atoms. The number of carbonyl (C=O) groups is 1. The zero-order valence-corrected chi connectivity index (χ0v) is 22.6. The van der Waals surface area contributed by atoms with E-state index in [0.717, 1.165) is 41.6 Å². The fourth-order valence-electron chi connectivity index (χ4n) is 5.90. The maximum atomic E-state index is 11.7. The van der Waals surface area contributed by atoms with Gasteiger partial charge in [0.05, 0.1) is 6.61 Å². The van der Waals surface area contributed by atoms with E-state index in [0.29, 0.717) is 12.3 Å². The highest BCUT2D eigenvalue weighted by molar-refractivity contribution is 5.75. The van der Waals surface area contributed by atoms with Crippen molar-refractivity contribution >= 4 is 11.7 Å². The number of anilines is 1. The molecule has 3 aromatic carbocycles. The smallest absolute Gasteiger partial charge is 0.303 e. The molecule has 3 aromatic rings. The van der Waals surface area contributed by atoms with Crippen molar-refractivity contribution < 1.29 is 24.5 Å². The monoisotopic (exact) mass is 515 g/mol. The van der Waals surface area contributed by atoms with Gasteiger partial charge in [0.2, 0.25) is 0 Å². The van der Waals surface area contributed by atoms with Gasteiger partial charge in [-0.1, -0.05) is 24.3 Å². The van der Waals surface area contributed by atoms with Crippen molar-refractivity contribution in [1.29, 1.82) is 0 Å². The number of carbonyl (C=O) groups excluding carboxylic acids is 1. The van der Waals surface area contributed by atoms with Gasteiger partial charge in [0.1, 0.15) is 24.6 Å². The number of benzene rings is 3. The van der Waals surface area contributed by atoms with E-state index in [-0.39, 0.29) is 30.7 Å². The molecule has 1 fully saturated rings. The van der Waals surface area contributed by atoms with Gasteiger partial charge >= 0.3 is 5.97 Å². The van der Waals surface area contributed by atoms with Gasteiger partial charge in [-0.15, -0.1) is 0 Å². The van der Waals surface area contributed by atoms with Crippen molar-refractivity contribution in [1.82, 2.24) is 0 Å². The second-order valence-corrected chi connectivity index (χ2v) is 11.0. The summed E-state index contributed by atoms with van der Waals surface area (Å²) >= 11 is 0. The van der Waals surface area contributed by atoms with Gasteiger partial charge in [0, 0.05) is 24.6 Å². The van der Waals surface area contributed by atoms with Crippen LogP contribution in [-0.4, -0.2) is 35.5 Å². The molecular weight excluding hydrogens is 478 g/mol. The van der Waals surface area contributed by atoms with Crippen LogP contribution in [-0.2, 0) is 22.5 Å². The van der Waals surface area contributed by atoms with Crippen molar-refractivity contribution in [2.75, 3.05) is 18.5 Å². The first kappa shape index (κ1) is 26.3. The molecule has 0 bridgehead atoms. The van der Waals surface area contributed by atoms with Crippen LogP contribution in [0, 0.1) is 26.2 Å². The van der Waals surface area contributed by atoms with E-state index in [4.69, 9.17) is 14.6 Å². The molecule has 2 aliphatic carbocycles. The molecule has 6 nitrogen and oxygen atoms in total. The zero-order chi connectivity index (χ0) is 27.0. The van der Waals surface area contributed by atoms with Gasteiger partial charge in [-0.05, 0) is 109 Å². The first-order valence-corrected chi connectivity index (χ1v) is 13.4. The number of esters is 1. The summed E-state index contributed by atoms with van der Waals surface area (Å²) in [5.74, 6) is 0.479. The van der Waals surface area contributed by atoms with Crippen LogP contribution in [0.2, 0.25) is 0 Å². The number of ether oxygens (including phenoxy) is 2. The molecule has 0 heterocycles. The number of hydrogen-bond acceptors (Lipinski definition) is 6. The minimum atomic E-state index is -0.891. The predicted octanol–water partition coefficient (Wildman–Crippen LogP) is 5.56. The first-order chi connectivity index (χ1) is 18.2. The number of rotatable bonds is 9. The quantitative estimate of drug-likeness (QED) is 0.323. The molecular formula is C32H37NO5. The summed E-state index contributed by atoms with van der Waals surface area (Å²) in [6.45, 7) is 8.24.